The summed E-state index contributed by atoms with van der Waals surface area (Å²) < 4.78 is 4.84. The van der Waals surface area contributed by atoms with Gasteiger partial charge < -0.3 is 15.6 Å². The van der Waals surface area contributed by atoms with Crippen molar-refractivity contribution in [3.8, 4) is 0 Å². The maximum atomic E-state index is 11.8. The molecule has 0 aliphatic carbocycles. The first-order chi connectivity index (χ1) is 8.08. The van der Waals surface area contributed by atoms with Gasteiger partial charge in [0, 0.05) is 11.4 Å². The molecule has 17 heavy (non-hydrogen) atoms. The summed E-state index contributed by atoms with van der Waals surface area (Å²) in [7, 11) is 0. The number of hydrogen-bond acceptors (Lipinski definition) is 4. The zero-order chi connectivity index (χ0) is 12.4. The van der Waals surface area contributed by atoms with Crippen molar-refractivity contribution in [1.82, 2.24) is 5.16 Å². The van der Waals surface area contributed by atoms with Crippen LogP contribution in [0.1, 0.15) is 21.7 Å². The summed E-state index contributed by atoms with van der Waals surface area (Å²) in [6, 6.07) is 5.32. The molecule has 5 nitrogen and oxygen atoms in total. The summed E-state index contributed by atoms with van der Waals surface area (Å²) in [4.78, 5) is 11.8. The Morgan fingerprint density at radius 3 is 2.76 bits per heavy atom. The number of nitrogens with zero attached hydrogens (tertiary/aromatic N) is 1. The lowest BCUT2D eigenvalue weighted by Gasteiger charge is -2.06. The second kappa shape index (κ2) is 4.29. The third-order valence-corrected chi connectivity index (χ3v) is 2.52. The van der Waals surface area contributed by atoms with Crippen molar-refractivity contribution in [2.24, 2.45) is 0 Å². The van der Waals surface area contributed by atoms with Crippen LogP contribution in [0.15, 0.2) is 28.9 Å². The molecule has 0 atom stereocenters. The Bertz CT molecular complexity index is 561. The highest BCUT2D eigenvalue weighted by molar-refractivity contribution is 6.04. The van der Waals surface area contributed by atoms with E-state index in [1.807, 2.05) is 13.0 Å². The predicted octanol–water partition coefficient (Wildman–Crippen LogP) is 2.13. The summed E-state index contributed by atoms with van der Waals surface area (Å²) in [5.74, 6) is 0.252. The van der Waals surface area contributed by atoms with Gasteiger partial charge in [-0.2, -0.15) is 0 Å². The lowest BCUT2D eigenvalue weighted by molar-refractivity contribution is 0.102. The summed E-state index contributed by atoms with van der Waals surface area (Å²) in [5.41, 5.74) is 8.45. The minimum absolute atomic E-state index is 0.243. The molecule has 0 saturated carbocycles. The number of carbonyl (C=O) groups is 1. The van der Waals surface area contributed by atoms with Crippen LogP contribution >= 0.6 is 0 Å². The lowest BCUT2D eigenvalue weighted by Crippen LogP contribution is -2.12. The molecule has 3 N–H and O–H groups in total. The van der Waals surface area contributed by atoms with Crippen LogP contribution in [0.5, 0.6) is 0 Å². The van der Waals surface area contributed by atoms with Gasteiger partial charge in [0.1, 0.15) is 11.3 Å². The van der Waals surface area contributed by atoms with E-state index in [9.17, 15) is 4.79 Å². The highest BCUT2D eigenvalue weighted by Gasteiger charge is 2.12. The Hall–Kier alpha value is -2.30. The Labute approximate surface area is 98.6 Å². The first kappa shape index (κ1) is 11.2. The monoisotopic (exact) mass is 231 g/mol. The summed E-state index contributed by atoms with van der Waals surface area (Å²) in [6.07, 6.45) is 1.40. The molecule has 5 heteroatoms. The van der Waals surface area contributed by atoms with Crippen LogP contribution in [-0.4, -0.2) is 11.1 Å². The van der Waals surface area contributed by atoms with Gasteiger partial charge >= 0.3 is 0 Å². The number of aromatic nitrogens is 1. The van der Waals surface area contributed by atoms with Gasteiger partial charge in [0.2, 0.25) is 0 Å². The number of carbonyl (C=O) groups excluding carboxylic acids is 1. The number of nitrogen functional groups attached to an aromatic ring is 1. The van der Waals surface area contributed by atoms with Crippen molar-refractivity contribution in [3.05, 3.63) is 41.3 Å². The number of benzene rings is 1. The van der Waals surface area contributed by atoms with Crippen molar-refractivity contribution >= 4 is 17.3 Å². The molecule has 88 valence electrons. The van der Waals surface area contributed by atoms with Gasteiger partial charge in [0.15, 0.2) is 0 Å². The first-order valence-electron chi connectivity index (χ1n) is 5.16. The van der Waals surface area contributed by atoms with E-state index in [0.29, 0.717) is 22.7 Å². The summed E-state index contributed by atoms with van der Waals surface area (Å²) in [5, 5.41) is 6.32. The second-order valence-corrected chi connectivity index (χ2v) is 3.82. The van der Waals surface area contributed by atoms with Crippen molar-refractivity contribution in [3.63, 3.8) is 0 Å². The normalized spacial score (nSPS) is 10.2. The Morgan fingerprint density at radius 2 is 2.18 bits per heavy atom. The molecule has 0 aliphatic rings. The molecule has 2 rings (SSSR count). The van der Waals surface area contributed by atoms with Gasteiger partial charge in [-0.05, 0) is 37.6 Å². The van der Waals surface area contributed by atoms with E-state index in [0.717, 1.165) is 5.56 Å². The SMILES string of the molecule is Cc1cc(NC(=O)c2cnoc2C)ccc1N. The van der Waals surface area contributed by atoms with E-state index < -0.39 is 0 Å². The number of hydrogen-bond donors (Lipinski definition) is 2. The molecule has 2 aromatic rings. The Morgan fingerprint density at radius 1 is 1.41 bits per heavy atom. The van der Waals surface area contributed by atoms with Crippen LogP contribution in [0.25, 0.3) is 0 Å². The second-order valence-electron chi connectivity index (χ2n) is 3.82. The van der Waals surface area contributed by atoms with Gasteiger partial charge in [-0.15, -0.1) is 0 Å². The molecule has 0 unspecified atom stereocenters. The fourth-order valence-corrected chi connectivity index (χ4v) is 1.47. The van der Waals surface area contributed by atoms with E-state index in [1.165, 1.54) is 6.20 Å². The minimum atomic E-state index is -0.243. The molecule has 0 radical (unpaired) electrons. The van der Waals surface area contributed by atoms with Gasteiger partial charge in [-0.25, -0.2) is 0 Å². The predicted molar refractivity (Wildman–Crippen MR) is 64.8 cm³/mol. The smallest absolute Gasteiger partial charge is 0.260 e. The maximum Gasteiger partial charge on any atom is 0.260 e. The summed E-state index contributed by atoms with van der Waals surface area (Å²) in [6.45, 7) is 3.58. The Kier molecular flexibility index (Phi) is 2.82. The lowest BCUT2D eigenvalue weighted by atomic mass is 10.1. The molecule has 1 amide bonds. The average molecular weight is 231 g/mol. The van der Waals surface area contributed by atoms with Crippen LogP contribution in [-0.2, 0) is 0 Å². The van der Waals surface area contributed by atoms with E-state index in [4.69, 9.17) is 10.3 Å². The quantitative estimate of drug-likeness (QED) is 0.776. The maximum absolute atomic E-state index is 11.8. The van der Waals surface area contributed by atoms with Gasteiger partial charge in [-0.1, -0.05) is 5.16 Å². The minimum Gasteiger partial charge on any atom is -0.399 e. The molecule has 1 aromatic carbocycles. The van der Waals surface area contributed by atoms with Crippen molar-refractivity contribution in [2.45, 2.75) is 13.8 Å². The molecule has 0 spiro atoms. The van der Waals surface area contributed by atoms with Gasteiger partial charge in [0.25, 0.3) is 5.91 Å². The van der Waals surface area contributed by atoms with E-state index in [2.05, 4.69) is 10.5 Å². The van der Waals surface area contributed by atoms with Crippen LogP contribution in [0.3, 0.4) is 0 Å². The van der Waals surface area contributed by atoms with E-state index in [-0.39, 0.29) is 5.91 Å². The van der Waals surface area contributed by atoms with Gasteiger partial charge in [0.05, 0.1) is 6.20 Å². The molecular weight excluding hydrogens is 218 g/mol. The third kappa shape index (κ3) is 2.28. The zero-order valence-electron chi connectivity index (χ0n) is 9.65. The van der Waals surface area contributed by atoms with E-state index in [1.54, 1.807) is 19.1 Å². The fraction of sp³-hybridized carbons (Fsp3) is 0.167. The molecule has 0 bridgehead atoms. The molecule has 0 saturated heterocycles. The van der Waals surface area contributed by atoms with Crippen molar-refractivity contribution in [1.29, 1.82) is 0 Å². The van der Waals surface area contributed by atoms with Crippen molar-refractivity contribution < 1.29 is 9.32 Å². The molecule has 1 heterocycles. The topological polar surface area (TPSA) is 81.2 Å². The molecule has 0 aliphatic heterocycles. The van der Waals surface area contributed by atoms with Gasteiger partial charge in [-0.3, -0.25) is 4.79 Å². The first-order valence-corrected chi connectivity index (χ1v) is 5.16. The third-order valence-electron chi connectivity index (χ3n) is 2.52. The Balaban J connectivity index is 2.19. The number of aryl methyl sites for hydroxylation is 2. The number of rotatable bonds is 2. The number of amides is 1. The number of nitrogens with one attached hydrogen (secondary N) is 1. The average Bonchev–Trinajstić information content (AvgIpc) is 2.70. The largest absolute Gasteiger partial charge is 0.399 e. The van der Waals surface area contributed by atoms with Crippen molar-refractivity contribution in [2.75, 3.05) is 11.1 Å². The number of anilines is 2. The van der Waals surface area contributed by atoms with E-state index >= 15 is 0 Å². The highest BCUT2D eigenvalue weighted by atomic mass is 16.5. The molecule has 0 fully saturated rings. The van der Waals surface area contributed by atoms with Crippen LogP contribution in [0, 0.1) is 13.8 Å². The molecular formula is C12H13N3O2. The summed E-state index contributed by atoms with van der Waals surface area (Å²) >= 11 is 0. The highest BCUT2D eigenvalue weighted by Crippen LogP contribution is 2.17. The zero-order valence-corrected chi connectivity index (χ0v) is 9.65. The van der Waals surface area contributed by atoms with Crippen LogP contribution in [0.2, 0.25) is 0 Å². The molecule has 1 aromatic heterocycles. The number of nitrogens with two attached hydrogens (primary N) is 1. The van der Waals surface area contributed by atoms with Crippen LogP contribution in [0.4, 0.5) is 11.4 Å². The standard InChI is InChI=1S/C12H13N3O2/c1-7-5-9(3-4-11(7)13)15-12(16)10-6-14-17-8(10)2/h3-6H,13H2,1-2H3,(H,15,16). The van der Waals surface area contributed by atoms with Crippen LogP contribution < -0.4 is 11.1 Å². The fourth-order valence-electron chi connectivity index (χ4n) is 1.47.